The number of thiophene rings is 1. The molecule has 2 aliphatic heterocycles. The average molecular weight is 808 g/mol. The van der Waals surface area contributed by atoms with Crippen molar-refractivity contribution in [1.82, 2.24) is 9.78 Å². The lowest BCUT2D eigenvalue weighted by molar-refractivity contribution is -0.131. The standard InChI is InChI=1S/C46H38ClN5O5S/c1-24-33-21-26(47)12-19-37(33)58-41(24)36-23-38(50(3)49-36)52-43(55)35-22-34-31(40(46(35,2)45(52)57)25-8-7-11-30(53)20-25)17-18-32-39(34)44(56)51(42(32)54)29-15-13-28(14-16-29)48-27-9-5-4-6-10-27/h4-17,19-21,23,32,34-35,39-40,48,53H,18,22H2,1-3H3. The van der Waals surface area contributed by atoms with Gasteiger partial charge in [0, 0.05) is 40.1 Å². The second-order valence-corrected chi connectivity index (χ2v) is 17.5. The Morgan fingerprint density at radius 1 is 0.845 bits per heavy atom. The number of nitrogens with zero attached hydrogens (tertiary/aromatic N) is 4. The van der Waals surface area contributed by atoms with Crippen LogP contribution in [0.1, 0.15) is 36.8 Å². The fourth-order valence-electron chi connectivity index (χ4n) is 10.2. The Labute approximate surface area is 343 Å². The van der Waals surface area contributed by atoms with Gasteiger partial charge in [-0.1, -0.05) is 53.6 Å². The number of amides is 4. The van der Waals surface area contributed by atoms with Gasteiger partial charge >= 0.3 is 0 Å². The Balaban J connectivity index is 1.02. The average Bonchev–Trinajstić information content (AvgIpc) is 3.88. The van der Waals surface area contributed by atoms with Gasteiger partial charge in [-0.05, 0) is 116 Å². The lowest BCUT2D eigenvalue weighted by Gasteiger charge is -2.49. The monoisotopic (exact) mass is 807 g/mol. The van der Waals surface area contributed by atoms with Crippen molar-refractivity contribution in [2.75, 3.05) is 15.1 Å². The smallest absolute Gasteiger partial charge is 0.242 e. The van der Waals surface area contributed by atoms with E-state index in [9.17, 15) is 19.5 Å². The van der Waals surface area contributed by atoms with Crippen molar-refractivity contribution in [3.63, 3.8) is 0 Å². The van der Waals surface area contributed by atoms with Crippen LogP contribution in [0.3, 0.4) is 0 Å². The van der Waals surface area contributed by atoms with E-state index in [2.05, 4.69) is 5.32 Å². The fourth-order valence-corrected chi connectivity index (χ4v) is 11.5. The third-order valence-electron chi connectivity index (χ3n) is 12.9. The Morgan fingerprint density at radius 3 is 2.36 bits per heavy atom. The highest BCUT2D eigenvalue weighted by Crippen LogP contribution is 2.64. The molecule has 0 bridgehead atoms. The lowest BCUT2D eigenvalue weighted by Crippen LogP contribution is -2.48. The number of benzene rings is 4. The maximum Gasteiger partial charge on any atom is 0.242 e. The van der Waals surface area contributed by atoms with E-state index in [-0.39, 0.29) is 35.8 Å². The summed E-state index contributed by atoms with van der Waals surface area (Å²) in [5, 5.41) is 20.5. The summed E-state index contributed by atoms with van der Waals surface area (Å²) in [6, 6.07) is 31.3. The zero-order valence-corrected chi connectivity index (χ0v) is 33.4. The summed E-state index contributed by atoms with van der Waals surface area (Å²) in [5.41, 5.74) is 4.11. The van der Waals surface area contributed by atoms with E-state index >= 15 is 4.79 Å². The first-order valence-corrected chi connectivity index (χ1v) is 20.5. The Kier molecular flexibility index (Phi) is 8.30. The number of rotatable bonds is 6. The zero-order valence-electron chi connectivity index (χ0n) is 31.8. The molecule has 4 aromatic carbocycles. The normalized spacial score (nSPS) is 25.2. The van der Waals surface area contributed by atoms with Gasteiger partial charge in [0.25, 0.3) is 0 Å². The number of aromatic nitrogens is 2. The molecule has 6 aromatic rings. The molecule has 58 heavy (non-hydrogen) atoms. The molecule has 6 unspecified atom stereocenters. The molecule has 2 N–H and O–H groups in total. The minimum Gasteiger partial charge on any atom is -0.508 e. The van der Waals surface area contributed by atoms with Gasteiger partial charge in [-0.15, -0.1) is 11.3 Å². The number of phenolic OH excluding ortho intramolecular Hbond substituents is 1. The van der Waals surface area contributed by atoms with Gasteiger partial charge in [0.15, 0.2) is 0 Å². The van der Waals surface area contributed by atoms with Crippen molar-refractivity contribution in [2.45, 2.75) is 32.6 Å². The van der Waals surface area contributed by atoms with Crippen LogP contribution >= 0.6 is 22.9 Å². The zero-order chi connectivity index (χ0) is 40.2. The summed E-state index contributed by atoms with van der Waals surface area (Å²) in [7, 11) is 1.73. The van der Waals surface area contributed by atoms with E-state index in [1.807, 2.05) is 86.7 Å². The van der Waals surface area contributed by atoms with E-state index in [0.29, 0.717) is 34.2 Å². The second-order valence-electron chi connectivity index (χ2n) is 16.0. The minimum absolute atomic E-state index is 0.0300. The molecule has 4 amide bonds. The highest BCUT2D eigenvalue weighted by Gasteiger charge is 2.68. The summed E-state index contributed by atoms with van der Waals surface area (Å²) in [6.45, 7) is 3.85. The summed E-state index contributed by atoms with van der Waals surface area (Å²) in [4.78, 5) is 62.3. The maximum atomic E-state index is 15.1. The van der Waals surface area contributed by atoms with Gasteiger partial charge in [-0.25, -0.2) is 4.90 Å². The molecule has 1 saturated carbocycles. The molecule has 10 nitrogen and oxygen atoms in total. The van der Waals surface area contributed by atoms with Crippen LogP contribution in [-0.2, 0) is 26.2 Å². The third kappa shape index (κ3) is 5.33. The van der Waals surface area contributed by atoms with E-state index in [1.165, 1.54) is 9.80 Å². The molecule has 3 fully saturated rings. The second kappa shape index (κ2) is 13.3. The number of halogens is 1. The van der Waals surface area contributed by atoms with Crippen LogP contribution in [-0.4, -0.2) is 38.5 Å². The van der Waals surface area contributed by atoms with E-state index < -0.39 is 35.0 Å². The minimum atomic E-state index is -1.26. The number of nitrogens with one attached hydrogen (secondary N) is 1. The molecule has 0 spiro atoms. The number of fused-ring (bicyclic) bond motifs is 5. The summed E-state index contributed by atoms with van der Waals surface area (Å²) >= 11 is 7.90. The van der Waals surface area contributed by atoms with Crippen LogP contribution in [0.25, 0.3) is 20.7 Å². The molecular formula is C46H38ClN5O5S. The number of aryl methyl sites for hydroxylation is 2. The maximum absolute atomic E-state index is 15.1. The quantitative estimate of drug-likeness (QED) is 0.127. The predicted molar refractivity (Wildman–Crippen MR) is 225 cm³/mol. The number of para-hydroxylation sites is 1. The number of carbonyl (C=O) groups is 4. The molecule has 290 valence electrons. The van der Waals surface area contributed by atoms with Crippen molar-refractivity contribution in [1.29, 1.82) is 0 Å². The predicted octanol–water partition coefficient (Wildman–Crippen LogP) is 9.15. The molecule has 0 radical (unpaired) electrons. The van der Waals surface area contributed by atoms with Gasteiger partial charge < -0.3 is 10.4 Å². The van der Waals surface area contributed by atoms with Crippen molar-refractivity contribution in [3.8, 4) is 16.3 Å². The number of anilines is 4. The Hall–Kier alpha value is -6.04. The molecule has 6 atom stereocenters. The van der Waals surface area contributed by atoms with Crippen molar-refractivity contribution in [3.05, 3.63) is 131 Å². The van der Waals surface area contributed by atoms with Gasteiger partial charge in [0.05, 0.1) is 33.7 Å². The van der Waals surface area contributed by atoms with Crippen molar-refractivity contribution >= 4 is 79.5 Å². The Morgan fingerprint density at radius 2 is 1.60 bits per heavy atom. The van der Waals surface area contributed by atoms with E-state index in [0.717, 1.165) is 37.5 Å². The largest absolute Gasteiger partial charge is 0.508 e. The highest BCUT2D eigenvalue weighted by atomic mass is 35.5. The van der Waals surface area contributed by atoms with Crippen molar-refractivity contribution in [2.24, 2.45) is 36.1 Å². The number of hydrogen-bond acceptors (Lipinski definition) is 8. The SMILES string of the molecule is Cc1c(-c2cc(N3C(=O)C4CC5C(=CCC6C(=O)N(c7ccc(Nc8ccccc8)cc7)C(=O)C65)C(c5cccc(O)c5)C4(C)C3=O)n(C)n2)sc2ccc(Cl)cc12. The lowest BCUT2D eigenvalue weighted by atomic mass is 9.51. The van der Waals surface area contributed by atoms with Crippen LogP contribution < -0.4 is 15.1 Å². The molecule has 10 rings (SSSR count). The summed E-state index contributed by atoms with van der Waals surface area (Å²) in [6.07, 6.45) is 2.55. The number of imide groups is 2. The van der Waals surface area contributed by atoms with E-state index in [4.69, 9.17) is 16.7 Å². The number of phenols is 1. The van der Waals surface area contributed by atoms with Gasteiger partial charge in [-0.3, -0.25) is 28.8 Å². The molecule has 4 aliphatic rings. The van der Waals surface area contributed by atoms with Crippen LogP contribution in [0.4, 0.5) is 22.9 Å². The van der Waals surface area contributed by atoms with Gasteiger partial charge in [0.1, 0.15) is 17.3 Å². The van der Waals surface area contributed by atoms with Crippen LogP contribution in [0, 0.1) is 36.0 Å². The number of allylic oxidation sites excluding steroid dienone is 2. The molecule has 2 aromatic heterocycles. The fraction of sp³-hybridized carbons (Fsp3) is 0.239. The molecule has 2 saturated heterocycles. The highest BCUT2D eigenvalue weighted by molar-refractivity contribution is 7.22. The molecule has 2 aliphatic carbocycles. The number of hydrogen-bond donors (Lipinski definition) is 2. The molecule has 4 heterocycles. The Bertz CT molecular complexity index is 2760. The first-order valence-electron chi connectivity index (χ1n) is 19.3. The van der Waals surface area contributed by atoms with E-state index in [1.54, 1.807) is 59.5 Å². The first kappa shape index (κ1) is 36.3. The topological polar surface area (TPSA) is 125 Å². The summed E-state index contributed by atoms with van der Waals surface area (Å²) in [5.74, 6) is -4.22. The van der Waals surface area contributed by atoms with Crippen LogP contribution in [0.15, 0.2) is 115 Å². The first-order chi connectivity index (χ1) is 27.9. The van der Waals surface area contributed by atoms with Crippen molar-refractivity contribution < 1.29 is 24.3 Å². The summed E-state index contributed by atoms with van der Waals surface area (Å²) < 4.78 is 2.63. The van der Waals surface area contributed by atoms with Gasteiger partial charge in [-0.2, -0.15) is 5.10 Å². The van der Waals surface area contributed by atoms with Crippen LogP contribution in [0.2, 0.25) is 5.02 Å². The van der Waals surface area contributed by atoms with Crippen LogP contribution in [0.5, 0.6) is 5.75 Å². The number of carbonyl (C=O) groups excluding carboxylic acids is 4. The molecule has 12 heteroatoms. The third-order valence-corrected chi connectivity index (χ3v) is 14.4. The van der Waals surface area contributed by atoms with Gasteiger partial charge in [0.2, 0.25) is 23.6 Å². The number of aromatic hydroxyl groups is 1. The molecular weight excluding hydrogens is 770 g/mol.